The van der Waals surface area contributed by atoms with Crippen molar-refractivity contribution in [2.45, 2.75) is 24.7 Å². The number of hydrogen-bond donors (Lipinski definition) is 0. The average molecular weight is 301 g/mol. The van der Waals surface area contributed by atoms with Crippen molar-refractivity contribution in [2.75, 3.05) is 0 Å². The highest BCUT2D eigenvalue weighted by Crippen LogP contribution is 2.48. The fourth-order valence-electron chi connectivity index (χ4n) is 2.84. The summed E-state index contributed by atoms with van der Waals surface area (Å²) in [6.07, 6.45) is 4.77. The predicted molar refractivity (Wildman–Crippen MR) is 78.1 cm³/mol. The summed E-state index contributed by atoms with van der Waals surface area (Å²) in [4.78, 5) is 0. The van der Waals surface area contributed by atoms with Crippen LogP contribution < -0.4 is 0 Å². The molecule has 2 aromatic heterocycles. The number of nitrogens with zero attached hydrogens (tertiary/aromatic N) is 2. The SMILES string of the molecule is Clc1ccc(C2(c3nnc(-c4ccco4)o3)CCC2)cc1. The molecule has 0 spiro atoms. The molecular formula is C16H13ClN2O2. The molecule has 0 amide bonds. The van der Waals surface area contributed by atoms with Gasteiger partial charge in [0.25, 0.3) is 5.89 Å². The van der Waals surface area contributed by atoms with Crippen LogP contribution in [-0.4, -0.2) is 10.2 Å². The largest absolute Gasteiger partial charge is 0.459 e. The second kappa shape index (κ2) is 4.74. The third-order valence-electron chi connectivity index (χ3n) is 4.17. The van der Waals surface area contributed by atoms with Crippen LogP contribution in [0.15, 0.2) is 51.5 Å². The molecule has 0 unspecified atom stereocenters. The minimum atomic E-state index is -0.178. The summed E-state index contributed by atoms with van der Waals surface area (Å²) < 4.78 is 11.2. The minimum Gasteiger partial charge on any atom is -0.459 e. The fraction of sp³-hybridized carbons (Fsp3) is 0.250. The van der Waals surface area contributed by atoms with Crippen molar-refractivity contribution >= 4 is 11.6 Å². The van der Waals surface area contributed by atoms with E-state index in [2.05, 4.69) is 10.2 Å². The molecule has 21 heavy (non-hydrogen) atoms. The Morgan fingerprint density at radius 1 is 1.05 bits per heavy atom. The van der Waals surface area contributed by atoms with E-state index < -0.39 is 0 Å². The summed E-state index contributed by atoms with van der Waals surface area (Å²) in [5, 5.41) is 9.10. The van der Waals surface area contributed by atoms with Gasteiger partial charge in [0.05, 0.1) is 11.7 Å². The molecule has 3 aromatic rings. The lowest BCUT2D eigenvalue weighted by molar-refractivity contribution is 0.240. The zero-order valence-electron chi connectivity index (χ0n) is 11.3. The maximum atomic E-state index is 5.98. The second-order valence-corrected chi connectivity index (χ2v) is 5.77. The van der Waals surface area contributed by atoms with Crippen molar-refractivity contribution in [3.8, 4) is 11.7 Å². The number of hydrogen-bond acceptors (Lipinski definition) is 4. The van der Waals surface area contributed by atoms with Gasteiger partial charge in [-0.05, 0) is 42.7 Å². The van der Waals surface area contributed by atoms with Gasteiger partial charge in [-0.3, -0.25) is 0 Å². The van der Waals surface area contributed by atoms with E-state index in [9.17, 15) is 0 Å². The molecule has 0 N–H and O–H groups in total. The van der Waals surface area contributed by atoms with Crippen LogP contribution in [0.1, 0.15) is 30.7 Å². The molecule has 1 aliphatic carbocycles. The molecular weight excluding hydrogens is 288 g/mol. The standard InChI is InChI=1S/C16H13ClN2O2/c17-12-6-4-11(5-7-12)16(8-2-9-16)15-19-18-14(21-15)13-3-1-10-20-13/h1,3-7,10H,2,8-9H2. The summed E-state index contributed by atoms with van der Waals surface area (Å²) in [5.41, 5.74) is 0.996. The van der Waals surface area contributed by atoms with Gasteiger partial charge < -0.3 is 8.83 Å². The van der Waals surface area contributed by atoms with Crippen LogP contribution in [0.25, 0.3) is 11.7 Å². The number of benzene rings is 1. The lowest BCUT2D eigenvalue weighted by atomic mass is 9.64. The molecule has 1 saturated carbocycles. The van der Waals surface area contributed by atoms with Crippen LogP contribution in [0.5, 0.6) is 0 Å². The van der Waals surface area contributed by atoms with Gasteiger partial charge in [-0.25, -0.2) is 0 Å². The first-order chi connectivity index (χ1) is 10.3. The number of rotatable bonds is 3. The molecule has 0 radical (unpaired) electrons. The summed E-state index contributed by atoms with van der Waals surface area (Å²) in [6.45, 7) is 0. The van der Waals surface area contributed by atoms with E-state index in [-0.39, 0.29) is 5.41 Å². The van der Waals surface area contributed by atoms with Crippen molar-refractivity contribution in [1.29, 1.82) is 0 Å². The Bertz CT molecular complexity index is 743. The maximum absolute atomic E-state index is 5.98. The smallest absolute Gasteiger partial charge is 0.283 e. The maximum Gasteiger partial charge on any atom is 0.283 e. The zero-order valence-corrected chi connectivity index (χ0v) is 12.0. The molecule has 0 saturated heterocycles. The third-order valence-corrected chi connectivity index (χ3v) is 4.42. The minimum absolute atomic E-state index is 0.178. The Labute approximate surface area is 126 Å². The number of furan rings is 1. The lowest BCUT2D eigenvalue weighted by Crippen LogP contribution is -2.35. The molecule has 2 heterocycles. The van der Waals surface area contributed by atoms with Crippen LogP contribution >= 0.6 is 11.6 Å². The zero-order chi connectivity index (χ0) is 14.3. The van der Waals surface area contributed by atoms with E-state index in [0.29, 0.717) is 17.5 Å². The fourth-order valence-corrected chi connectivity index (χ4v) is 2.97. The van der Waals surface area contributed by atoms with Crippen LogP contribution in [-0.2, 0) is 5.41 Å². The van der Waals surface area contributed by atoms with Crippen LogP contribution in [0.4, 0.5) is 0 Å². The summed E-state index contributed by atoms with van der Waals surface area (Å²) >= 11 is 5.98. The van der Waals surface area contributed by atoms with Gasteiger partial charge in [0, 0.05) is 5.02 Å². The van der Waals surface area contributed by atoms with Crippen LogP contribution in [0, 0.1) is 0 Å². The van der Waals surface area contributed by atoms with Gasteiger partial charge in [0.15, 0.2) is 5.76 Å². The summed E-state index contributed by atoms with van der Waals surface area (Å²) in [7, 11) is 0. The molecule has 0 atom stereocenters. The molecule has 4 rings (SSSR count). The van der Waals surface area contributed by atoms with Crippen molar-refractivity contribution in [1.82, 2.24) is 10.2 Å². The van der Waals surface area contributed by atoms with Gasteiger partial charge in [-0.15, -0.1) is 10.2 Å². The number of halogens is 1. The quantitative estimate of drug-likeness (QED) is 0.717. The molecule has 1 aromatic carbocycles. The Kier molecular flexibility index (Phi) is 2.86. The first kappa shape index (κ1) is 12.7. The first-order valence-electron chi connectivity index (χ1n) is 6.92. The van der Waals surface area contributed by atoms with Gasteiger partial charge in [0.1, 0.15) is 0 Å². The topological polar surface area (TPSA) is 52.1 Å². The van der Waals surface area contributed by atoms with Crippen molar-refractivity contribution in [3.63, 3.8) is 0 Å². The highest BCUT2D eigenvalue weighted by molar-refractivity contribution is 6.30. The van der Waals surface area contributed by atoms with Gasteiger partial charge in [-0.2, -0.15) is 0 Å². The first-order valence-corrected chi connectivity index (χ1v) is 7.30. The van der Waals surface area contributed by atoms with Gasteiger partial charge in [0.2, 0.25) is 5.89 Å². The molecule has 5 heteroatoms. The molecule has 106 valence electrons. The molecule has 4 nitrogen and oxygen atoms in total. The predicted octanol–water partition coefficient (Wildman–Crippen LogP) is 4.45. The Morgan fingerprint density at radius 2 is 1.86 bits per heavy atom. The molecule has 1 fully saturated rings. The average Bonchev–Trinajstić information content (AvgIpc) is 3.10. The highest BCUT2D eigenvalue weighted by atomic mass is 35.5. The van der Waals surface area contributed by atoms with Crippen LogP contribution in [0.3, 0.4) is 0 Å². The van der Waals surface area contributed by atoms with E-state index in [0.717, 1.165) is 24.3 Å². The van der Waals surface area contributed by atoms with E-state index in [1.807, 2.05) is 30.3 Å². The van der Waals surface area contributed by atoms with Gasteiger partial charge in [-0.1, -0.05) is 30.2 Å². The van der Waals surface area contributed by atoms with Crippen molar-refractivity contribution < 1.29 is 8.83 Å². The second-order valence-electron chi connectivity index (χ2n) is 5.33. The highest BCUT2D eigenvalue weighted by Gasteiger charge is 2.45. The normalized spacial score (nSPS) is 16.6. The van der Waals surface area contributed by atoms with Gasteiger partial charge >= 0.3 is 0 Å². The monoisotopic (exact) mass is 300 g/mol. The Balaban J connectivity index is 1.75. The lowest BCUT2D eigenvalue weighted by Gasteiger charge is -2.39. The Hall–Kier alpha value is -2.07. The van der Waals surface area contributed by atoms with Crippen molar-refractivity contribution in [3.05, 3.63) is 59.1 Å². The third kappa shape index (κ3) is 1.98. The number of aromatic nitrogens is 2. The van der Waals surface area contributed by atoms with E-state index in [4.69, 9.17) is 20.4 Å². The van der Waals surface area contributed by atoms with E-state index in [1.165, 1.54) is 5.56 Å². The van der Waals surface area contributed by atoms with Crippen molar-refractivity contribution in [2.24, 2.45) is 0 Å². The molecule has 1 aliphatic rings. The van der Waals surface area contributed by atoms with E-state index in [1.54, 1.807) is 12.3 Å². The summed E-state index contributed by atoms with van der Waals surface area (Å²) in [6, 6.07) is 11.5. The molecule has 0 bridgehead atoms. The summed E-state index contributed by atoms with van der Waals surface area (Å²) in [5.74, 6) is 1.68. The molecule has 0 aliphatic heterocycles. The van der Waals surface area contributed by atoms with Crippen LogP contribution in [0.2, 0.25) is 5.02 Å². The van der Waals surface area contributed by atoms with E-state index >= 15 is 0 Å². The Morgan fingerprint density at radius 3 is 2.48 bits per heavy atom.